The van der Waals surface area contributed by atoms with Crippen molar-refractivity contribution in [1.82, 2.24) is 0 Å². The molecule has 0 saturated carbocycles. The van der Waals surface area contributed by atoms with Crippen molar-refractivity contribution in [2.75, 3.05) is 39.6 Å². The predicted molar refractivity (Wildman–Crippen MR) is 367 cm³/mol. The van der Waals surface area contributed by atoms with Crippen molar-refractivity contribution in [2.24, 2.45) is 23.7 Å². The first-order valence-corrected chi connectivity index (χ1v) is 40.3. The zero-order valence-corrected chi connectivity index (χ0v) is 61.3. The predicted octanol–water partition coefficient (Wildman–Crippen LogP) is 20.5. The molecule has 4 unspecified atom stereocenters. The van der Waals surface area contributed by atoms with E-state index in [4.69, 9.17) is 37.0 Å². The van der Waals surface area contributed by atoms with Crippen LogP contribution in [0.2, 0.25) is 0 Å². The minimum absolute atomic E-state index is 0.104. The van der Waals surface area contributed by atoms with Crippen LogP contribution in [0.3, 0.4) is 0 Å². The summed E-state index contributed by atoms with van der Waals surface area (Å²) in [4.78, 5) is 72.7. The number of hydrogen-bond acceptors (Lipinski definition) is 15. The zero-order chi connectivity index (χ0) is 67.5. The van der Waals surface area contributed by atoms with Crippen LogP contribution in [0, 0.1) is 23.7 Å². The van der Waals surface area contributed by atoms with Crippen molar-refractivity contribution in [3.63, 3.8) is 0 Å². The molecule has 0 rings (SSSR count). The third-order valence-electron chi connectivity index (χ3n) is 17.3. The topological polar surface area (TPSA) is 237 Å². The highest BCUT2D eigenvalue weighted by molar-refractivity contribution is 7.47. The van der Waals surface area contributed by atoms with E-state index in [-0.39, 0.29) is 25.7 Å². The minimum Gasteiger partial charge on any atom is -0.462 e. The van der Waals surface area contributed by atoms with Gasteiger partial charge in [0, 0.05) is 25.7 Å². The van der Waals surface area contributed by atoms with Gasteiger partial charge in [-0.25, -0.2) is 9.13 Å². The number of esters is 4. The van der Waals surface area contributed by atoms with Gasteiger partial charge in [0.25, 0.3) is 0 Å². The molecule has 0 heterocycles. The maximum atomic E-state index is 13.0. The van der Waals surface area contributed by atoms with E-state index in [1.807, 2.05) is 0 Å². The fraction of sp³-hybridized carbons (Fsp3) is 0.944. The van der Waals surface area contributed by atoms with Crippen LogP contribution in [0.5, 0.6) is 0 Å². The van der Waals surface area contributed by atoms with Crippen molar-refractivity contribution in [3.8, 4) is 0 Å². The molecule has 0 aliphatic rings. The first-order valence-electron chi connectivity index (χ1n) is 37.3. The molecule has 7 atom stereocenters. The second kappa shape index (κ2) is 61.6. The molecule has 0 bridgehead atoms. The molecule has 0 aliphatic heterocycles. The smallest absolute Gasteiger partial charge is 0.462 e. The zero-order valence-electron chi connectivity index (χ0n) is 59.5. The van der Waals surface area contributed by atoms with Crippen LogP contribution in [0.4, 0.5) is 0 Å². The first-order chi connectivity index (χ1) is 43.7. The first kappa shape index (κ1) is 89.1. The standard InChI is InChI=1S/C72H140O17P2/c1-9-64(7)50-42-34-26-20-22-29-37-45-53-70(75)83-59-68(89-72(77)55-47-39-31-23-21-27-35-43-51-65(8)10-2)61-87-91(80,81)85-57-66(73)56-84-90(78,79)86-60-67(58-82-69(74)52-44-36-28-19-15-17-25-33-41-49-63(5)6)88-71(76)54-46-38-30-18-14-12-11-13-16-24-32-40-48-62(3)4/h62-68,73H,9-61H2,1-8H3,(H,78,79)(H,80,81)/t64?,65?,66-,67-,68-/m1/s1. The molecule has 0 saturated heterocycles. The number of unbranched alkanes of at least 4 members (excludes halogenated alkanes) is 33. The molecule has 91 heavy (non-hydrogen) atoms. The molecule has 0 aromatic heterocycles. The fourth-order valence-corrected chi connectivity index (χ4v) is 12.4. The van der Waals surface area contributed by atoms with E-state index in [2.05, 4.69) is 55.4 Å². The van der Waals surface area contributed by atoms with Crippen LogP contribution in [0.15, 0.2) is 0 Å². The Morgan fingerprint density at radius 1 is 0.308 bits per heavy atom. The number of phosphoric acid groups is 2. The van der Waals surface area contributed by atoms with E-state index in [1.165, 1.54) is 161 Å². The van der Waals surface area contributed by atoms with Crippen LogP contribution in [0.25, 0.3) is 0 Å². The second-order valence-corrected chi connectivity index (χ2v) is 30.3. The van der Waals surface area contributed by atoms with Crippen LogP contribution >= 0.6 is 15.6 Å². The van der Waals surface area contributed by atoms with Gasteiger partial charge in [0.05, 0.1) is 26.4 Å². The second-order valence-electron chi connectivity index (χ2n) is 27.4. The fourth-order valence-electron chi connectivity index (χ4n) is 10.8. The number of phosphoric ester groups is 2. The summed E-state index contributed by atoms with van der Waals surface area (Å²) in [6.07, 6.45) is 44.3. The Hall–Kier alpha value is -1.94. The number of ether oxygens (including phenoxy) is 4. The van der Waals surface area contributed by atoms with Crippen LogP contribution in [-0.4, -0.2) is 96.7 Å². The normalized spacial score (nSPS) is 14.8. The van der Waals surface area contributed by atoms with Gasteiger partial charge >= 0.3 is 39.5 Å². The Bertz CT molecular complexity index is 1800. The Morgan fingerprint density at radius 2 is 0.527 bits per heavy atom. The van der Waals surface area contributed by atoms with Gasteiger partial charge in [0.15, 0.2) is 12.2 Å². The molecule has 0 amide bonds. The maximum Gasteiger partial charge on any atom is 0.472 e. The maximum absolute atomic E-state index is 13.0. The van der Waals surface area contributed by atoms with Crippen LogP contribution in [-0.2, 0) is 65.4 Å². The summed E-state index contributed by atoms with van der Waals surface area (Å²) < 4.78 is 68.4. The number of aliphatic hydroxyl groups is 1. The van der Waals surface area contributed by atoms with Crippen molar-refractivity contribution < 1.29 is 80.2 Å². The lowest BCUT2D eigenvalue weighted by Crippen LogP contribution is -2.30. The third-order valence-corrected chi connectivity index (χ3v) is 19.2. The number of rotatable bonds is 69. The van der Waals surface area contributed by atoms with Gasteiger partial charge in [-0.15, -0.1) is 0 Å². The molecule has 19 heteroatoms. The molecular formula is C72H140O17P2. The SMILES string of the molecule is CCC(C)CCCCCCCCCCC(=O)OC[C@H](COP(=O)(O)OC[C@H](O)COP(=O)(O)OC[C@@H](COC(=O)CCCCCCCCCCCC(C)C)OC(=O)CCCCCCCCCCCCCCC(C)C)OC(=O)CCCCCCCCCCC(C)CC. The number of carbonyl (C=O) groups is 4. The molecule has 0 aromatic carbocycles. The van der Waals surface area contributed by atoms with Crippen molar-refractivity contribution in [3.05, 3.63) is 0 Å². The molecule has 540 valence electrons. The average molecular weight is 1340 g/mol. The molecular weight excluding hydrogens is 1200 g/mol. The molecule has 0 spiro atoms. The van der Waals surface area contributed by atoms with Crippen molar-refractivity contribution in [2.45, 2.75) is 375 Å². The summed E-state index contributed by atoms with van der Waals surface area (Å²) in [5.74, 6) is 0.940. The lowest BCUT2D eigenvalue weighted by molar-refractivity contribution is -0.161. The third kappa shape index (κ3) is 63.9. The summed E-state index contributed by atoms with van der Waals surface area (Å²) in [5, 5.41) is 10.6. The van der Waals surface area contributed by atoms with E-state index in [0.717, 1.165) is 114 Å². The lowest BCUT2D eigenvalue weighted by Gasteiger charge is -2.21. The monoisotopic (exact) mass is 1340 g/mol. The van der Waals surface area contributed by atoms with E-state index in [9.17, 15) is 43.2 Å². The summed E-state index contributed by atoms with van der Waals surface area (Å²) in [5.41, 5.74) is 0. The van der Waals surface area contributed by atoms with Gasteiger partial charge in [-0.1, -0.05) is 306 Å². The van der Waals surface area contributed by atoms with Crippen LogP contribution in [0.1, 0.15) is 357 Å². The number of aliphatic hydroxyl groups excluding tert-OH is 1. The molecule has 0 aromatic rings. The van der Waals surface area contributed by atoms with Gasteiger partial charge in [0.1, 0.15) is 19.3 Å². The molecule has 0 aliphatic carbocycles. The highest BCUT2D eigenvalue weighted by atomic mass is 31.2. The average Bonchev–Trinajstić information content (AvgIpc) is 3.72. The Kier molecular flexibility index (Phi) is 60.3. The van der Waals surface area contributed by atoms with Gasteiger partial charge in [-0.2, -0.15) is 0 Å². The van der Waals surface area contributed by atoms with Crippen molar-refractivity contribution in [1.29, 1.82) is 0 Å². The van der Waals surface area contributed by atoms with Crippen molar-refractivity contribution >= 4 is 39.5 Å². The summed E-state index contributed by atoms with van der Waals surface area (Å²) >= 11 is 0. The quantitative estimate of drug-likeness (QED) is 0.0222. The Balaban J connectivity index is 5.28. The molecule has 0 radical (unpaired) electrons. The van der Waals surface area contributed by atoms with Gasteiger partial charge in [0.2, 0.25) is 0 Å². The highest BCUT2D eigenvalue weighted by Crippen LogP contribution is 2.45. The summed E-state index contributed by atoms with van der Waals surface area (Å²) in [6.45, 7) is 14.2. The Morgan fingerprint density at radius 3 is 0.780 bits per heavy atom. The number of carbonyl (C=O) groups excluding carboxylic acids is 4. The van der Waals surface area contributed by atoms with E-state index in [0.29, 0.717) is 25.7 Å². The Labute approximate surface area is 556 Å². The van der Waals surface area contributed by atoms with Crippen LogP contribution < -0.4 is 0 Å². The van der Waals surface area contributed by atoms with E-state index < -0.39 is 97.5 Å². The summed E-state index contributed by atoms with van der Waals surface area (Å²) in [7, 11) is -9.91. The van der Waals surface area contributed by atoms with Gasteiger partial charge < -0.3 is 33.8 Å². The molecule has 3 N–H and O–H groups in total. The van der Waals surface area contributed by atoms with E-state index in [1.54, 1.807) is 0 Å². The largest absolute Gasteiger partial charge is 0.472 e. The van der Waals surface area contributed by atoms with Gasteiger partial charge in [-0.05, 0) is 49.4 Å². The molecule has 17 nitrogen and oxygen atoms in total. The van der Waals surface area contributed by atoms with E-state index >= 15 is 0 Å². The molecule has 0 fully saturated rings. The lowest BCUT2D eigenvalue weighted by atomic mass is 9.99. The van der Waals surface area contributed by atoms with Gasteiger partial charge in [-0.3, -0.25) is 37.3 Å². The highest BCUT2D eigenvalue weighted by Gasteiger charge is 2.30. The minimum atomic E-state index is -4.95. The summed E-state index contributed by atoms with van der Waals surface area (Å²) in [6, 6.07) is 0. The number of hydrogen-bond donors (Lipinski definition) is 3.